The highest BCUT2D eigenvalue weighted by atomic mass is 16.5. The molecule has 0 fully saturated rings. The van der Waals surface area contributed by atoms with Gasteiger partial charge in [0, 0.05) is 18.8 Å². The number of anilines is 2. The topological polar surface area (TPSA) is 82.2 Å². The Hall–Kier alpha value is -2.50. The molecule has 0 atom stereocenters. The number of nitrogen functional groups attached to an aromatic ring is 1. The number of benzene rings is 1. The van der Waals surface area contributed by atoms with Gasteiger partial charge < -0.3 is 15.8 Å². The van der Waals surface area contributed by atoms with Crippen LogP contribution in [0.15, 0.2) is 24.3 Å². The van der Waals surface area contributed by atoms with Gasteiger partial charge in [0.2, 0.25) is 0 Å². The molecule has 0 aliphatic heterocycles. The van der Waals surface area contributed by atoms with E-state index >= 15 is 0 Å². The van der Waals surface area contributed by atoms with Crippen LogP contribution in [0.4, 0.5) is 11.4 Å². The molecule has 1 aromatic carbocycles. The summed E-state index contributed by atoms with van der Waals surface area (Å²) in [4.78, 5) is 12.3. The van der Waals surface area contributed by atoms with E-state index in [1.54, 1.807) is 36.0 Å². The molecule has 1 aromatic heterocycles. The molecule has 2 aromatic rings. The molecule has 0 spiro atoms. The van der Waals surface area contributed by atoms with E-state index in [2.05, 4.69) is 10.4 Å². The number of methoxy groups -OCH3 is 1. The minimum atomic E-state index is -0.234. The molecule has 0 saturated carbocycles. The second-order valence-electron chi connectivity index (χ2n) is 4.41. The van der Waals surface area contributed by atoms with Gasteiger partial charge in [-0.3, -0.25) is 9.48 Å². The third-order valence-electron chi connectivity index (χ3n) is 3.00. The summed E-state index contributed by atoms with van der Waals surface area (Å²) in [5.74, 6) is 0.291. The molecule has 0 bridgehead atoms. The molecule has 0 unspecified atom stereocenters. The van der Waals surface area contributed by atoms with Crippen molar-refractivity contribution in [2.45, 2.75) is 13.3 Å². The Morgan fingerprint density at radius 1 is 1.45 bits per heavy atom. The summed E-state index contributed by atoms with van der Waals surface area (Å²) in [6, 6.07) is 6.86. The Morgan fingerprint density at radius 3 is 2.80 bits per heavy atom. The minimum Gasteiger partial charge on any atom is -0.494 e. The average molecular weight is 274 g/mol. The molecule has 0 aliphatic carbocycles. The highest BCUT2D eigenvalue weighted by Crippen LogP contribution is 2.27. The van der Waals surface area contributed by atoms with Crippen LogP contribution in [0.2, 0.25) is 0 Å². The molecule has 1 heterocycles. The fourth-order valence-electron chi connectivity index (χ4n) is 1.91. The second-order valence-corrected chi connectivity index (χ2v) is 4.41. The van der Waals surface area contributed by atoms with Crippen LogP contribution in [-0.2, 0) is 13.5 Å². The Balaban J connectivity index is 2.25. The van der Waals surface area contributed by atoms with Gasteiger partial charge in [-0.1, -0.05) is 6.92 Å². The van der Waals surface area contributed by atoms with Gasteiger partial charge in [0.05, 0.1) is 18.5 Å². The molecule has 3 N–H and O–H groups in total. The van der Waals surface area contributed by atoms with Gasteiger partial charge in [0.15, 0.2) is 0 Å². The summed E-state index contributed by atoms with van der Waals surface area (Å²) in [7, 11) is 3.28. The zero-order chi connectivity index (χ0) is 14.7. The predicted molar refractivity (Wildman–Crippen MR) is 77.9 cm³/mol. The van der Waals surface area contributed by atoms with Crippen molar-refractivity contribution < 1.29 is 9.53 Å². The third kappa shape index (κ3) is 2.74. The number of hydrogen-bond acceptors (Lipinski definition) is 4. The van der Waals surface area contributed by atoms with E-state index < -0.39 is 0 Å². The minimum absolute atomic E-state index is 0.234. The zero-order valence-corrected chi connectivity index (χ0v) is 11.8. The number of hydrogen-bond donors (Lipinski definition) is 2. The quantitative estimate of drug-likeness (QED) is 0.833. The van der Waals surface area contributed by atoms with Gasteiger partial charge in [-0.15, -0.1) is 0 Å². The second kappa shape index (κ2) is 5.64. The maximum Gasteiger partial charge on any atom is 0.274 e. The maximum absolute atomic E-state index is 12.3. The first-order valence-corrected chi connectivity index (χ1v) is 6.33. The monoisotopic (exact) mass is 274 g/mol. The van der Waals surface area contributed by atoms with Crippen LogP contribution in [0, 0.1) is 0 Å². The molecular weight excluding hydrogens is 256 g/mol. The SMILES string of the molecule is CCc1cc(C(=O)Nc2ccc(N)cc2OC)n(C)n1. The summed E-state index contributed by atoms with van der Waals surface area (Å²) >= 11 is 0. The molecule has 6 nitrogen and oxygen atoms in total. The van der Waals surface area contributed by atoms with E-state index in [4.69, 9.17) is 10.5 Å². The molecule has 20 heavy (non-hydrogen) atoms. The van der Waals surface area contributed by atoms with Crippen LogP contribution in [0.1, 0.15) is 23.1 Å². The molecule has 1 amide bonds. The number of carbonyl (C=O) groups excluding carboxylic acids is 1. The third-order valence-corrected chi connectivity index (χ3v) is 3.00. The van der Waals surface area contributed by atoms with Gasteiger partial charge in [-0.05, 0) is 24.6 Å². The van der Waals surface area contributed by atoms with Crippen molar-refractivity contribution in [3.05, 3.63) is 35.7 Å². The lowest BCUT2D eigenvalue weighted by molar-refractivity contribution is 0.101. The molecule has 0 radical (unpaired) electrons. The molecule has 0 aliphatic rings. The van der Waals surface area contributed by atoms with Crippen molar-refractivity contribution in [1.82, 2.24) is 9.78 Å². The van der Waals surface area contributed by atoms with E-state index in [9.17, 15) is 4.79 Å². The predicted octanol–water partition coefficient (Wildman–Crippen LogP) is 1.83. The smallest absolute Gasteiger partial charge is 0.274 e. The molecule has 106 valence electrons. The Bertz CT molecular complexity index is 634. The normalized spacial score (nSPS) is 10.3. The van der Waals surface area contributed by atoms with E-state index in [0.717, 1.165) is 12.1 Å². The van der Waals surface area contributed by atoms with Gasteiger partial charge in [-0.2, -0.15) is 5.10 Å². The van der Waals surface area contributed by atoms with Gasteiger partial charge in [-0.25, -0.2) is 0 Å². The lowest BCUT2D eigenvalue weighted by Crippen LogP contribution is -2.16. The molecular formula is C14H18N4O2. The van der Waals surface area contributed by atoms with Crippen molar-refractivity contribution in [2.75, 3.05) is 18.2 Å². The molecule has 0 saturated heterocycles. The first kappa shape index (κ1) is 13.9. The van der Waals surface area contributed by atoms with E-state index in [1.807, 2.05) is 6.92 Å². The van der Waals surface area contributed by atoms with Crippen LogP contribution in [-0.4, -0.2) is 22.8 Å². The van der Waals surface area contributed by atoms with Crippen LogP contribution in [0.3, 0.4) is 0 Å². The summed E-state index contributed by atoms with van der Waals surface area (Å²) in [6.45, 7) is 1.99. The van der Waals surface area contributed by atoms with Crippen molar-refractivity contribution in [1.29, 1.82) is 0 Å². The highest BCUT2D eigenvalue weighted by molar-refractivity contribution is 6.04. The van der Waals surface area contributed by atoms with Crippen LogP contribution >= 0.6 is 0 Å². The fourth-order valence-corrected chi connectivity index (χ4v) is 1.91. The lowest BCUT2D eigenvalue weighted by atomic mass is 10.2. The molecule has 2 rings (SSSR count). The number of amides is 1. The van der Waals surface area contributed by atoms with Crippen molar-refractivity contribution in [3.8, 4) is 5.75 Å². The fraction of sp³-hybridized carbons (Fsp3) is 0.286. The van der Waals surface area contributed by atoms with Gasteiger partial charge >= 0.3 is 0 Å². The zero-order valence-electron chi connectivity index (χ0n) is 11.8. The Labute approximate surface area is 117 Å². The Kier molecular flexibility index (Phi) is 3.93. The first-order chi connectivity index (χ1) is 9.55. The number of nitrogens with two attached hydrogens (primary N) is 1. The number of rotatable bonds is 4. The standard InChI is InChI=1S/C14H18N4O2/c1-4-10-8-12(18(2)17-10)14(19)16-11-6-5-9(15)7-13(11)20-3/h5-8H,4,15H2,1-3H3,(H,16,19). The number of aromatic nitrogens is 2. The first-order valence-electron chi connectivity index (χ1n) is 6.33. The van der Waals surface area contributed by atoms with E-state index in [0.29, 0.717) is 22.8 Å². The number of ether oxygens (including phenoxy) is 1. The van der Waals surface area contributed by atoms with Crippen LogP contribution in [0.5, 0.6) is 5.75 Å². The van der Waals surface area contributed by atoms with Gasteiger partial charge in [0.25, 0.3) is 5.91 Å². The summed E-state index contributed by atoms with van der Waals surface area (Å²) in [5, 5.41) is 7.06. The van der Waals surface area contributed by atoms with Gasteiger partial charge in [0.1, 0.15) is 11.4 Å². The largest absolute Gasteiger partial charge is 0.494 e. The summed E-state index contributed by atoms with van der Waals surface area (Å²) in [6.07, 6.45) is 0.784. The van der Waals surface area contributed by atoms with Crippen molar-refractivity contribution in [3.63, 3.8) is 0 Å². The lowest BCUT2D eigenvalue weighted by Gasteiger charge is -2.10. The highest BCUT2D eigenvalue weighted by Gasteiger charge is 2.14. The van der Waals surface area contributed by atoms with E-state index in [1.165, 1.54) is 7.11 Å². The van der Waals surface area contributed by atoms with Crippen molar-refractivity contribution >= 4 is 17.3 Å². The molecule has 6 heteroatoms. The van der Waals surface area contributed by atoms with Crippen LogP contribution in [0.25, 0.3) is 0 Å². The summed E-state index contributed by atoms with van der Waals surface area (Å²) < 4.78 is 6.77. The average Bonchev–Trinajstić information content (AvgIpc) is 2.82. The number of nitrogens with one attached hydrogen (secondary N) is 1. The van der Waals surface area contributed by atoms with E-state index in [-0.39, 0.29) is 5.91 Å². The number of aryl methyl sites for hydroxylation is 2. The summed E-state index contributed by atoms with van der Waals surface area (Å²) in [5.41, 5.74) is 8.21. The maximum atomic E-state index is 12.3. The van der Waals surface area contributed by atoms with Crippen LogP contribution < -0.4 is 15.8 Å². The number of carbonyl (C=O) groups is 1. The van der Waals surface area contributed by atoms with Crippen molar-refractivity contribution in [2.24, 2.45) is 7.05 Å². The number of nitrogens with zero attached hydrogens (tertiary/aromatic N) is 2. The Morgan fingerprint density at radius 2 is 2.20 bits per heavy atom.